The lowest BCUT2D eigenvalue weighted by Crippen LogP contribution is -2.43. The zero-order valence-electron chi connectivity index (χ0n) is 10.9. The summed E-state index contributed by atoms with van der Waals surface area (Å²) < 4.78 is 48.1. The van der Waals surface area contributed by atoms with Gasteiger partial charge in [0, 0.05) is 19.0 Å². The zero-order chi connectivity index (χ0) is 15.4. The maximum Gasteiger partial charge on any atom is 0.303 e. The highest BCUT2D eigenvalue weighted by atomic mass is 32.2. The molecule has 1 aliphatic rings. The number of carbonyl (C=O) groups is 1. The Balaban J connectivity index is 2.76. The topological polar surface area (TPSA) is 129 Å². The summed E-state index contributed by atoms with van der Waals surface area (Å²) in [6.45, 7) is -0.579. The molecule has 8 nitrogen and oxygen atoms in total. The van der Waals surface area contributed by atoms with Gasteiger partial charge in [-0.3, -0.25) is 4.79 Å². The van der Waals surface area contributed by atoms with Crippen LogP contribution in [0, 0.1) is 0 Å². The van der Waals surface area contributed by atoms with Crippen LogP contribution in [-0.2, 0) is 24.7 Å². The second-order valence-corrected chi connectivity index (χ2v) is 8.97. The van der Waals surface area contributed by atoms with Gasteiger partial charge in [0.1, 0.15) is 0 Å². The molecular formula is C10H19NO7S2. The summed E-state index contributed by atoms with van der Waals surface area (Å²) in [6, 6.07) is -0.665. The molecule has 0 aromatic rings. The third-order valence-corrected chi connectivity index (χ3v) is 6.84. The molecule has 0 amide bonds. The van der Waals surface area contributed by atoms with Gasteiger partial charge in [0.25, 0.3) is 0 Å². The SMILES string of the molecule is O=C(O)CCCS(=O)(=O)N(CCO)C1CCS(=O)(=O)C1. The molecule has 0 bridgehead atoms. The van der Waals surface area contributed by atoms with Crippen LogP contribution < -0.4 is 0 Å². The summed E-state index contributed by atoms with van der Waals surface area (Å²) in [4.78, 5) is 10.4. The molecule has 0 aromatic heterocycles. The van der Waals surface area contributed by atoms with Crippen molar-refractivity contribution < 1.29 is 31.8 Å². The number of hydrogen-bond donors (Lipinski definition) is 2. The van der Waals surface area contributed by atoms with Crippen molar-refractivity contribution in [3.8, 4) is 0 Å². The number of hydrogen-bond acceptors (Lipinski definition) is 6. The lowest BCUT2D eigenvalue weighted by molar-refractivity contribution is -0.137. The van der Waals surface area contributed by atoms with E-state index in [0.717, 1.165) is 4.31 Å². The molecule has 0 spiro atoms. The number of sulfone groups is 1. The minimum atomic E-state index is -3.77. The molecule has 1 rings (SSSR count). The van der Waals surface area contributed by atoms with Gasteiger partial charge in [0.2, 0.25) is 10.0 Å². The van der Waals surface area contributed by atoms with E-state index in [2.05, 4.69) is 0 Å². The van der Waals surface area contributed by atoms with E-state index in [1.165, 1.54) is 0 Å². The summed E-state index contributed by atoms with van der Waals surface area (Å²) in [6.07, 6.45) is -0.102. The summed E-state index contributed by atoms with van der Waals surface area (Å²) in [5.41, 5.74) is 0. The van der Waals surface area contributed by atoms with E-state index >= 15 is 0 Å². The van der Waals surface area contributed by atoms with Crippen LogP contribution in [0.4, 0.5) is 0 Å². The normalized spacial score (nSPS) is 22.2. The molecule has 118 valence electrons. The van der Waals surface area contributed by atoms with Gasteiger partial charge < -0.3 is 10.2 Å². The van der Waals surface area contributed by atoms with Crippen LogP contribution in [0.3, 0.4) is 0 Å². The Hall–Kier alpha value is -0.710. The molecule has 1 aliphatic heterocycles. The van der Waals surface area contributed by atoms with Crippen molar-refractivity contribution in [2.24, 2.45) is 0 Å². The number of aliphatic hydroxyl groups excluding tert-OH is 1. The molecule has 0 radical (unpaired) electrons. The van der Waals surface area contributed by atoms with Crippen LogP contribution >= 0.6 is 0 Å². The van der Waals surface area contributed by atoms with E-state index in [-0.39, 0.29) is 43.1 Å². The van der Waals surface area contributed by atoms with Gasteiger partial charge in [-0.05, 0) is 12.8 Å². The summed E-state index contributed by atoms with van der Waals surface area (Å²) in [5.74, 6) is -1.76. The molecule has 0 aliphatic carbocycles. The standard InChI is InChI=1S/C10H19NO7S2/c12-5-4-11(9-3-7-19(15,16)8-9)20(17,18)6-1-2-10(13)14/h9,12H,1-8H2,(H,13,14). The molecule has 1 atom stereocenters. The maximum absolute atomic E-state index is 12.1. The van der Waals surface area contributed by atoms with Crippen molar-refractivity contribution in [3.63, 3.8) is 0 Å². The van der Waals surface area contributed by atoms with Crippen molar-refractivity contribution in [3.05, 3.63) is 0 Å². The van der Waals surface area contributed by atoms with E-state index < -0.39 is 38.5 Å². The molecule has 1 saturated heterocycles. The average molecular weight is 329 g/mol. The van der Waals surface area contributed by atoms with Gasteiger partial charge in [-0.1, -0.05) is 0 Å². The molecule has 20 heavy (non-hydrogen) atoms. The summed E-state index contributed by atoms with van der Waals surface area (Å²) in [7, 11) is -7.00. The Morgan fingerprint density at radius 2 is 2.00 bits per heavy atom. The number of sulfonamides is 1. The highest BCUT2D eigenvalue weighted by Crippen LogP contribution is 2.21. The second kappa shape index (κ2) is 6.83. The van der Waals surface area contributed by atoms with Crippen LogP contribution in [0.25, 0.3) is 0 Å². The lowest BCUT2D eigenvalue weighted by Gasteiger charge is -2.26. The third-order valence-electron chi connectivity index (χ3n) is 3.09. The minimum Gasteiger partial charge on any atom is -0.481 e. The fraction of sp³-hybridized carbons (Fsp3) is 0.900. The number of nitrogens with zero attached hydrogens (tertiary/aromatic N) is 1. The first-order chi connectivity index (χ1) is 9.18. The smallest absolute Gasteiger partial charge is 0.303 e. The van der Waals surface area contributed by atoms with Crippen LogP contribution in [0.5, 0.6) is 0 Å². The molecular weight excluding hydrogens is 310 g/mol. The molecule has 0 aromatic carbocycles. The largest absolute Gasteiger partial charge is 0.481 e. The fourth-order valence-corrected chi connectivity index (χ4v) is 5.74. The number of aliphatic hydroxyl groups is 1. The Bertz CT molecular complexity index is 540. The minimum absolute atomic E-state index is 0.0426. The predicted octanol–water partition coefficient (Wildman–Crippen LogP) is -1.34. The number of carboxylic acid groups (broad SMARTS) is 1. The maximum atomic E-state index is 12.1. The predicted molar refractivity (Wildman–Crippen MR) is 71.5 cm³/mol. The van der Waals surface area contributed by atoms with Gasteiger partial charge in [0.15, 0.2) is 9.84 Å². The summed E-state index contributed by atoms with van der Waals surface area (Å²) >= 11 is 0. The molecule has 2 N–H and O–H groups in total. The van der Waals surface area contributed by atoms with E-state index in [1.54, 1.807) is 0 Å². The van der Waals surface area contributed by atoms with Crippen molar-refractivity contribution in [1.82, 2.24) is 4.31 Å². The fourth-order valence-electron chi connectivity index (χ4n) is 2.17. The zero-order valence-corrected chi connectivity index (χ0v) is 12.6. The molecule has 10 heteroatoms. The molecule has 1 unspecified atom stereocenters. The van der Waals surface area contributed by atoms with Gasteiger partial charge in [-0.15, -0.1) is 0 Å². The second-order valence-electron chi connectivity index (χ2n) is 4.70. The van der Waals surface area contributed by atoms with E-state index in [9.17, 15) is 21.6 Å². The van der Waals surface area contributed by atoms with Crippen LogP contribution in [0.2, 0.25) is 0 Å². The van der Waals surface area contributed by atoms with Crippen LogP contribution in [0.1, 0.15) is 19.3 Å². The molecule has 0 saturated carbocycles. The van der Waals surface area contributed by atoms with E-state index in [1.807, 2.05) is 0 Å². The average Bonchev–Trinajstić information content (AvgIpc) is 2.65. The first-order valence-corrected chi connectivity index (χ1v) is 9.63. The van der Waals surface area contributed by atoms with Crippen molar-refractivity contribution in [1.29, 1.82) is 0 Å². The van der Waals surface area contributed by atoms with Crippen LogP contribution in [0.15, 0.2) is 0 Å². The van der Waals surface area contributed by atoms with Gasteiger partial charge >= 0.3 is 5.97 Å². The Labute approximate surface area is 118 Å². The highest BCUT2D eigenvalue weighted by Gasteiger charge is 2.37. The summed E-state index contributed by atoms with van der Waals surface area (Å²) in [5, 5.41) is 17.5. The van der Waals surface area contributed by atoms with E-state index in [4.69, 9.17) is 10.2 Å². The molecule has 1 fully saturated rings. The first kappa shape index (κ1) is 17.3. The molecule has 1 heterocycles. The lowest BCUT2D eigenvalue weighted by atomic mass is 10.3. The first-order valence-electron chi connectivity index (χ1n) is 6.20. The van der Waals surface area contributed by atoms with Gasteiger partial charge in [-0.25, -0.2) is 16.8 Å². The number of aliphatic carboxylic acids is 1. The van der Waals surface area contributed by atoms with Crippen LogP contribution in [-0.4, -0.2) is 73.8 Å². The van der Waals surface area contributed by atoms with Gasteiger partial charge in [-0.2, -0.15) is 4.31 Å². The third kappa shape index (κ3) is 5.00. The van der Waals surface area contributed by atoms with Crippen molar-refractivity contribution in [2.75, 3.05) is 30.4 Å². The quantitative estimate of drug-likeness (QED) is 0.564. The van der Waals surface area contributed by atoms with Gasteiger partial charge in [0.05, 0.1) is 23.9 Å². The monoisotopic (exact) mass is 329 g/mol. The van der Waals surface area contributed by atoms with Crippen molar-refractivity contribution in [2.45, 2.75) is 25.3 Å². The number of carboxylic acids is 1. The van der Waals surface area contributed by atoms with Crippen molar-refractivity contribution >= 4 is 25.8 Å². The highest BCUT2D eigenvalue weighted by molar-refractivity contribution is 7.92. The Morgan fingerprint density at radius 3 is 2.45 bits per heavy atom. The Kier molecular flexibility index (Phi) is 5.92. The van der Waals surface area contributed by atoms with E-state index in [0.29, 0.717) is 0 Å². The number of rotatable bonds is 8. The Morgan fingerprint density at radius 1 is 1.35 bits per heavy atom.